The number of alkyl halides is 1. The molecule has 1 N–H and O–H groups in total. The molecule has 1 aromatic carbocycles. The van der Waals surface area contributed by atoms with Crippen LogP contribution in [-0.4, -0.2) is 33.1 Å². The smallest absolute Gasteiger partial charge is 0.241 e. The van der Waals surface area contributed by atoms with Crippen molar-refractivity contribution in [3.05, 3.63) is 29.3 Å². The van der Waals surface area contributed by atoms with E-state index in [0.717, 1.165) is 24.8 Å². The van der Waals surface area contributed by atoms with Gasteiger partial charge >= 0.3 is 0 Å². The molecule has 3 rings (SSSR count). The van der Waals surface area contributed by atoms with Crippen molar-refractivity contribution in [2.24, 2.45) is 0 Å². The Morgan fingerprint density at radius 1 is 1.19 bits per heavy atom. The van der Waals surface area contributed by atoms with Crippen molar-refractivity contribution >= 4 is 21.6 Å². The molecule has 4 nitrogen and oxygen atoms in total. The molecule has 0 saturated carbocycles. The standard InChI is InChI=1S/C15H20ClNO3S/c16-11-15(6-8-20-9-7-15)17-21(18,19)14-5-4-12-2-1-3-13(12)10-14/h4-5,10,17H,1-3,6-9,11H2. The third kappa shape index (κ3) is 3.11. The zero-order valence-corrected chi connectivity index (χ0v) is 13.5. The maximum absolute atomic E-state index is 12.7. The van der Waals surface area contributed by atoms with Gasteiger partial charge in [-0.15, -0.1) is 11.6 Å². The average Bonchev–Trinajstić information content (AvgIpc) is 2.95. The molecular weight excluding hydrogens is 310 g/mol. The average molecular weight is 330 g/mol. The van der Waals surface area contributed by atoms with Gasteiger partial charge in [0.25, 0.3) is 0 Å². The number of rotatable bonds is 4. The van der Waals surface area contributed by atoms with Crippen molar-refractivity contribution in [3.8, 4) is 0 Å². The minimum absolute atomic E-state index is 0.264. The Morgan fingerprint density at radius 2 is 1.90 bits per heavy atom. The Hall–Kier alpha value is -0.620. The van der Waals surface area contributed by atoms with Crippen LogP contribution in [0.1, 0.15) is 30.4 Å². The molecule has 0 radical (unpaired) electrons. The number of benzene rings is 1. The number of hydrogen-bond donors (Lipinski definition) is 1. The van der Waals surface area contributed by atoms with Gasteiger partial charge in [0.05, 0.1) is 10.4 Å². The van der Waals surface area contributed by atoms with Crippen molar-refractivity contribution in [3.63, 3.8) is 0 Å². The van der Waals surface area contributed by atoms with Crippen LogP contribution in [0.3, 0.4) is 0 Å². The Balaban J connectivity index is 1.86. The SMILES string of the molecule is O=S(=O)(NC1(CCl)CCOCC1)c1ccc2c(c1)CCC2. The molecular formula is C15H20ClNO3S. The highest BCUT2D eigenvalue weighted by Gasteiger charge is 2.36. The maximum Gasteiger partial charge on any atom is 0.241 e. The van der Waals surface area contributed by atoms with Crippen LogP contribution in [0.25, 0.3) is 0 Å². The first-order valence-electron chi connectivity index (χ1n) is 7.34. The van der Waals surface area contributed by atoms with E-state index >= 15 is 0 Å². The van der Waals surface area contributed by atoms with Crippen molar-refractivity contribution in [1.82, 2.24) is 4.72 Å². The van der Waals surface area contributed by atoms with E-state index in [-0.39, 0.29) is 5.88 Å². The van der Waals surface area contributed by atoms with E-state index in [1.54, 1.807) is 6.07 Å². The summed E-state index contributed by atoms with van der Waals surface area (Å²) in [5.74, 6) is 0.264. The highest BCUT2D eigenvalue weighted by Crippen LogP contribution is 2.28. The van der Waals surface area contributed by atoms with Crippen molar-refractivity contribution in [2.45, 2.75) is 42.5 Å². The first kappa shape index (κ1) is 15.3. The van der Waals surface area contributed by atoms with Gasteiger partial charge in [-0.2, -0.15) is 0 Å². The summed E-state index contributed by atoms with van der Waals surface area (Å²) in [6.07, 6.45) is 4.34. The predicted octanol–water partition coefficient (Wildman–Crippen LogP) is 2.24. The monoisotopic (exact) mass is 329 g/mol. The molecule has 6 heteroatoms. The van der Waals surface area contributed by atoms with Crippen LogP contribution in [0.2, 0.25) is 0 Å². The molecule has 1 saturated heterocycles. The lowest BCUT2D eigenvalue weighted by Gasteiger charge is -2.35. The second kappa shape index (κ2) is 5.88. The number of nitrogens with one attached hydrogen (secondary N) is 1. The minimum atomic E-state index is -3.54. The lowest BCUT2D eigenvalue weighted by Crippen LogP contribution is -2.53. The Morgan fingerprint density at radius 3 is 2.62 bits per heavy atom. The Bertz CT molecular complexity index is 624. The lowest BCUT2D eigenvalue weighted by atomic mass is 9.94. The summed E-state index contributed by atoms with van der Waals surface area (Å²) in [5.41, 5.74) is 1.84. The molecule has 0 atom stereocenters. The Kier molecular flexibility index (Phi) is 4.28. The molecule has 1 aromatic rings. The van der Waals surface area contributed by atoms with E-state index in [9.17, 15) is 8.42 Å². The largest absolute Gasteiger partial charge is 0.381 e. The Labute approximate surface area is 130 Å². The number of fused-ring (bicyclic) bond motifs is 1. The number of halogens is 1. The number of aryl methyl sites for hydroxylation is 2. The molecule has 0 aromatic heterocycles. The van der Waals surface area contributed by atoms with Gasteiger partial charge < -0.3 is 4.74 Å². The van der Waals surface area contributed by atoms with Gasteiger partial charge in [-0.3, -0.25) is 0 Å². The van der Waals surface area contributed by atoms with Crippen LogP contribution in [0.5, 0.6) is 0 Å². The minimum Gasteiger partial charge on any atom is -0.381 e. The van der Waals surface area contributed by atoms with Crippen LogP contribution >= 0.6 is 11.6 Å². The van der Waals surface area contributed by atoms with Gasteiger partial charge in [0.1, 0.15) is 0 Å². The van der Waals surface area contributed by atoms with Crippen LogP contribution < -0.4 is 4.72 Å². The van der Waals surface area contributed by atoms with Gasteiger partial charge in [0.2, 0.25) is 10.0 Å². The predicted molar refractivity (Wildman–Crippen MR) is 82.3 cm³/mol. The molecule has 2 aliphatic rings. The van der Waals surface area contributed by atoms with Gasteiger partial charge in [-0.05, 0) is 55.4 Å². The van der Waals surface area contributed by atoms with Crippen LogP contribution in [0.4, 0.5) is 0 Å². The second-order valence-corrected chi connectivity index (χ2v) is 7.87. The van der Waals surface area contributed by atoms with E-state index in [2.05, 4.69) is 4.72 Å². The van der Waals surface area contributed by atoms with E-state index in [1.165, 1.54) is 5.56 Å². The quantitative estimate of drug-likeness (QED) is 0.862. The molecule has 1 heterocycles. The summed E-state index contributed by atoms with van der Waals surface area (Å²) < 4.78 is 33.4. The van der Waals surface area contributed by atoms with E-state index in [0.29, 0.717) is 31.0 Å². The van der Waals surface area contributed by atoms with E-state index in [4.69, 9.17) is 16.3 Å². The number of ether oxygens (including phenoxy) is 1. The van der Waals surface area contributed by atoms with Crippen molar-refractivity contribution in [2.75, 3.05) is 19.1 Å². The molecule has 1 aliphatic carbocycles. The van der Waals surface area contributed by atoms with Crippen molar-refractivity contribution in [1.29, 1.82) is 0 Å². The molecule has 116 valence electrons. The molecule has 0 amide bonds. The molecule has 0 bridgehead atoms. The van der Waals surface area contributed by atoms with Crippen LogP contribution in [0, 0.1) is 0 Å². The number of sulfonamides is 1. The summed E-state index contributed by atoms with van der Waals surface area (Å²) in [5, 5.41) is 0. The van der Waals surface area contributed by atoms with E-state index < -0.39 is 15.6 Å². The summed E-state index contributed by atoms with van der Waals surface area (Å²) in [7, 11) is -3.54. The van der Waals surface area contributed by atoms with Crippen LogP contribution in [-0.2, 0) is 27.6 Å². The fourth-order valence-electron chi connectivity index (χ4n) is 3.08. The molecule has 21 heavy (non-hydrogen) atoms. The fraction of sp³-hybridized carbons (Fsp3) is 0.600. The summed E-state index contributed by atoms with van der Waals surface area (Å²) >= 11 is 6.04. The van der Waals surface area contributed by atoms with Gasteiger partial charge in [0, 0.05) is 19.1 Å². The van der Waals surface area contributed by atoms with Gasteiger partial charge in [0.15, 0.2) is 0 Å². The third-order valence-corrected chi connectivity index (χ3v) is 6.52. The highest BCUT2D eigenvalue weighted by atomic mass is 35.5. The van der Waals surface area contributed by atoms with Crippen LogP contribution in [0.15, 0.2) is 23.1 Å². The third-order valence-electron chi connectivity index (χ3n) is 4.44. The zero-order valence-electron chi connectivity index (χ0n) is 11.9. The highest BCUT2D eigenvalue weighted by molar-refractivity contribution is 7.89. The number of hydrogen-bond acceptors (Lipinski definition) is 3. The first-order chi connectivity index (χ1) is 10.0. The van der Waals surface area contributed by atoms with E-state index in [1.807, 2.05) is 12.1 Å². The maximum atomic E-state index is 12.7. The topological polar surface area (TPSA) is 55.4 Å². The molecule has 0 unspecified atom stereocenters. The summed E-state index contributed by atoms with van der Waals surface area (Å²) in [6, 6.07) is 5.45. The zero-order chi connectivity index (χ0) is 14.9. The first-order valence-corrected chi connectivity index (χ1v) is 9.36. The second-order valence-electron chi connectivity index (χ2n) is 5.92. The summed E-state index contributed by atoms with van der Waals surface area (Å²) in [6.45, 7) is 1.08. The summed E-state index contributed by atoms with van der Waals surface area (Å²) in [4.78, 5) is 0.346. The normalized spacial score (nSPS) is 21.2. The molecule has 1 fully saturated rings. The fourth-order valence-corrected chi connectivity index (χ4v) is 5.01. The van der Waals surface area contributed by atoms with Gasteiger partial charge in [-0.25, -0.2) is 13.1 Å². The molecule has 1 aliphatic heterocycles. The van der Waals surface area contributed by atoms with Crippen molar-refractivity contribution < 1.29 is 13.2 Å². The molecule has 0 spiro atoms. The lowest BCUT2D eigenvalue weighted by molar-refractivity contribution is 0.0549. The van der Waals surface area contributed by atoms with Gasteiger partial charge in [-0.1, -0.05) is 6.07 Å².